The molecule has 18 heavy (non-hydrogen) atoms. The molecule has 1 saturated heterocycles. The number of likely N-dealkylation sites (tertiary alicyclic amines) is 1. The van der Waals surface area contributed by atoms with Crippen molar-refractivity contribution in [2.75, 3.05) is 13.1 Å². The highest BCUT2D eigenvalue weighted by Gasteiger charge is 2.70. The number of fused-ring (bicyclic) bond motifs is 1. The van der Waals surface area contributed by atoms with Crippen LogP contribution in [0, 0.1) is 11.3 Å². The van der Waals surface area contributed by atoms with Crippen LogP contribution >= 0.6 is 0 Å². The van der Waals surface area contributed by atoms with E-state index >= 15 is 0 Å². The van der Waals surface area contributed by atoms with Gasteiger partial charge in [-0.15, -0.1) is 6.58 Å². The van der Waals surface area contributed by atoms with E-state index in [2.05, 4.69) is 6.58 Å². The fourth-order valence-electron chi connectivity index (χ4n) is 2.98. The van der Waals surface area contributed by atoms with Gasteiger partial charge in [-0.1, -0.05) is 36.4 Å². The zero-order valence-electron chi connectivity index (χ0n) is 10.1. The molecule has 1 aliphatic heterocycles. The second-order valence-electron chi connectivity index (χ2n) is 5.07. The lowest BCUT2D eigenvalue weighted by Gasteiger charge is -2.18. The molecule has 0 spiro atoms. The van der Waals surface area contributed by atoms with Crippen LogP contribution in [0.15, 0.2) is 43.0 Å². The number of nitrogens with zero attached hydrogens (tertiary/aromatic N) is 1. The number of rotatable bonds is 4. The molecule has 3 nitrogen and oxygen atoms in total. The van der Waals surface area contributed by atoms with E-state index in [0.717, 1.165) is 0 Å². The lowest BCUT2D eigenvalue weighted by molar-refractivity contribution is -0.131. The molecular weight excluding hydrogens is 226 g/mol. The number of piperidine rings is 1. The van der Waals surface area contributed by atoms with Crippen LogP contribution in [0.1, 0.15) is 16.8 Å². The number of hydrogen-bond donors (Lipinski definition) is 0. The number of amides is 1. The second-order valence-corrected chi connectivity index (χ2v) is 5.07. The van der Waals surface area contributed by atoms with E-state index in [-0.39, 0.29) is 17.6 Å². The fraction of sp³-hybridized carbons (Fsp3) is 0.333. The minimum absolute atomic E-state index is 0.00957. The molecule has 3 heteroatoms. The molecule has 0 bridgehead atoms. The third kappa shape index (κ3) is 1.37. The molecule has 1 saturated carbocycles. The minimum atomic E-state index is -0.746. The SMILES string of the molecule is C=CCN1C[C@@H]2C[C@]2(C(=O)c2ccccc2)C1=O. The minimum Gasteiger partial charge on any atom is -0.338 e. The van der Waals surface area contributed by atoms with Crippen LogP contribution in [0.25, 0.3) is 0 Å². The second kappa shape index (κ2) is 3.80. The Morgan fingerprint density at radius 2 is 2.17 bits per heavy atom. The maximum Gasteiger partial charge on any atom is 0.237 e. The van der Waals surface area contributed by atoms with Crippen molar-refractivity contribution in [3.05, 3.63) is 48.6 Å². The first-order chi connectivity index (χ1) is 8.70. The van der Waals surface area contributed by atoms with Crippen LogP contribution in [0.3, 0.4) is 0 Å². The Hall–Kier alpha value is -1.90. The topological polar surface area (TPSA) is 37.4 Å². The van der Waals surface area contributed by atoms with E-state index in [1.807, 2.05) is 18.2 Å². The first-order valence-electron chi connectivity index (χ1n) is 6.20. The van der Waals surface area contributed by atoms with E-state index in [9.17, 15) is 9.59 Å². The number of benzene rings is 1. The van der Waals surface area contributed by atoms with Crippen LogP contribution in [0.2, 0.25) is 0 Å². The Balaban J connectivity index is 1.88. The molecule has 1 aromatic rings. The summed E-state index contributed by atoms with van der Waals surface area (Å²) < 4.78 is 0. The summed E-state index contributed by atoms with van der Waals surface area (Å²) in [7, 11) is 0. The number of carbonyl (C=O) groups is 2. The number of hydrogen-bond acceptors (Lipinski definition) is 2. The van der Waals surface area contributed by atoms with Crippen molar-refractivity contribution in [1.29, 1.82) is 0 Å². The summed E-state index contributed by atoms with van der Waals surface area (Å²) in [6.45, 7) is 4.88. The van der Waals surface area contributed by atoms with Crippen molar-refractivity contribution in [2.24, 2.45) is 11.3 Å². The third-order valence-corrected chi connectivity index (χ3v) is 4.01. The normalized spacial score (nSPS) is 29.0. The molecule has 1 amide bonds. The highest BCUT2D eigenvalue weighted by molar-refractivity contribution is 6.18. The molecule has 2 fully saturated rings. The number of ketones is 1. The molecule has 2 atom stereocenters. The largest absolute Gasteiger partial charge is 0.338 e. The lowest BCUT2D eigenvalue weighted by Crippen LogP contribution is -2.35. The summed E-state index contributed by atoms with van der Waals surface area (Å²) in [4.78, 5) is 26.6. The molecule has 0 N–H and O–H groups in total. The standard InChI is InChI=1S/C15H15NO2/c1-2-8-16-10-12-9-15(12,14(16)18)13(17)11-6-4-3-5-7-11/h2-7,12H,1,8-10H2/t12-,15-/m0/s1. The number of carbonyl (C=O) groups excluding carboxylic acids is 2. The highest BCUT2D eigenvalue weighted by atomic mass is 16.2. The van der Waals surface area contributed by atoms with Crippen LogP contribution in [-0.4, -0.2) is 29.7 Å². The maximum absolute atomic E-state index is 12.5. The van der Waals surface area contributed by atoms with Gasteiger partial charge in [0.05, 0.1) is 0 Å². The first kappa shape index (κ1) is 11.2. The Labute approximate surface area is 106 Å². The van der Waals surface area contributed by atoms with Gasteiger partial charge in [-0.25, -0.2) is 0 Å². The summed E-state index contributed by atoms with van der Waals surface area (Å²) in [5.74, 6) is 0.184. The Morgan fingerprint density at radius 3 is 2.83 bits per heavy atom. The fourth-order valence-corrected chi connectivity index (χ4v) is 2.98. The number of Topliss-reactive ketones (excluding diaryl/α,β-unsaturated/α-hetero) is 1. The zero-order chi connectivity index (χ0) is 12.8. The van der Waals surface area contributed by atoms with Crippen LogP contribution < -0.4 is 0 Å². The van der Waals surface area contributed by atoms with Gasteiger partial charge < -0.3 is 4.90 Å². The molecule has 92 valence electrons. The predicted molar refractivity (Wildman–Crippen MR) is 68.1 cm³/mol. The van der Waals surface area contributed by atoms with Crippen molar-refractivity contribution in [2.45, 2.75) is 6.42 Å². The average molecular weight is 241 g/mol. The van der Waals surface area contributed by atoms with Gasteiger partial charge in [-0.05, 0) is 12.3 Å². The van der Waals surface area contributed by atoms with Gasteiger partial charge in [0.25, 0.3) is 0 Å². The molecule has 0 radical (unpaired) electrons. The van der Waals surface area contributed by atoms with Crippen molar-refractivity contribution < 1.29 is 9.59 Å². The third-order valence-electron chi connectivity index (χ3n) is 4.01. The Bertz CT molecular complexity index is 523. The highest BCUT2D eigenvalue weighted by Crippen LogP contribution is 2.60. The van der Waals surface area contributed by atoms with Crippen molar-refractivity contribution in [3.63, 3.8) is 0 Å². The smallest absolute Gasteiger partial charge is 0.237 e. The van der Waals surface area contributed by atoms with Gasteiger partial charge in [0.2, 0.25) is 5.91 Å². The van der Waals surface area contributed by atoms with Crippen LogP contribution in [0.4, 0.5) is 0 Å². The molecular formula is C15H15NO2. The van der Waals surface area contributed by atoms with Gasteiger partial charge >= 0.3 is 0 Å². The molecule has 1 heterocycles. The quantitative estimate of drug-likeness (QED) is 0.458. The summed E-state index contributed by atoms with van der Waals surface area (Å²) in [5, 5.41) is 0. The van der Waals surface area contributed by atoms with Crippen LogP contribution in [0.5, 0.6) is 0 Å². The lowest BCUT2D eigenvalue weighted by atomic mass is 9.93. The van der Waals surface area contributed by atoms with Gasteiger partial charge in [0.1, 0.15) is 5.41 Å². The van der Waals surface area contributed by atoms with Crippen LogP contribution in [-0.2, 0) is 4.79 Å². The average Bonchev–Trinajstić information content (AvgIpc) is 3.06. The van der Waals surface area contributed by atoms with Crippen molar-refractivity contribution >= 4 is 11.7 Å². The van der Waals surface area contributed by atoms with Gasteiger partial charge in [0.15, 0.2) is 5.78 Å². The van der Waals surface area contributed by atoms with E-state index in [1.54, 1.807) is 23.1 Å². The summed E-state index contributed by atoms with van der Waals surface area (Å²) in [6, 6.07) is 9.12. The molecule has 3 rings (SSSR count). The molecule has 2 aliphatic rings. The summed E-state index contributed by atoms with van der Waals surface area (Å²) >= 11 is 0. The van der Waals surface area contributed by atoms with E-state index in [4.69, 9.17) is 0 Å². The van der Waals surface area contributed by atoms with Gasteiger partial charge in [-0.2, -0.15) is 0 Å². The summed E-state index contributed by atoms with van der Waals surface area (Å²) in [6.07, 6.45) is 2.43. The molecule has 1 aliphatic carbocycles. The van der Waals surface area contributed by atoms with Gasteiger partial charge in [0, 0.05) is 18.7 Å². The monoisotopic (exact) mass is 241 g/mol. The van der Waals surface area contributed by atoms with E-state index in [1.165, 1.54) is 0 Å². The van der Waals surface area contributed by atoms with Crippen molar-refractivity contribution in [3.8, 4) is 0 Å². The zero-order valence-corrected chi connectivity index (χ0v) is 10.1. The molecule has 1 aromatic carbocycles. The van der Waals surface area contributed by atoms with Gasteiger partial charge in [-0.3, -0.25) is 9.59 Å². The van der Waals surface area contributed by atoms with Crippen molar-refractivity contribution in [1.82, 2.24) is 4.90 Å². The summed E-state index contributed by atoms with van der Waals surface area (Å²) in [5.41, 5.74) is -0.0986. The van der Waals surface area contributed by atoms with E-state index < -0.39 is 5.41 Å². The Kier molecular flexibility index (Phi) is 2.37. The first-order valence-corrected chi connectivity index (χ1v) is 6.20. The Morgan fingerprint density at radius 1 is 1.44 bits per heavy atom. The van der Waals surface area contributed by atoms with E-state index in [0.29, 0.717) is 25.1 Å². The maximum atomic E-state index is 12.5. The molecule has 0 unspecified atom stereocenters. The molecule has 0 aromatic heterocycles. The predicted octanol–water partition coefficient (Wildman–Crippen LogP) is 1.90.